The van der Waals surface area contributed by atoms with Gasteiger partial charge in [-0.25, -0.2) is 0 Å². The first-order chi connectivity index (χ1) is 7.38. The normalized spacial score (nSPS) is 19.4. The molecule has 0 amide bonds. The minimum absolute atomic E-state index is 0.171. The number of aliphatic hydroxyl groups is 1. The molecule has 0 aromatic heterocycles. The summed E-state index contributed by atoms with van der Waals surface area (Å²) in [6, 6.07) is 6.30. The van der Waals surface area contributed by atoms with Gasteiger partial charge in [-0.3, -0.25) is 0 Å². The SMILES string of the molecule is OCc1cccc2c1N(CC1CC1)CC2. The Morgan fingerprint density at radius 2 is 2.20 bits per heavy atom. The number of fused-ring (bicyclic) bond motifs is 1. The second kappa shape index (κ2) is 3.53. The van der Waals surface area contributed by atoms with Gasteiger partial charge in [0.15, 0.2) is 0 Å². The van der Waals surface area contributed by atoms with Crippen molar-refractivity contribution < 1.29 is 5.11 Å². The van der Waals surface area contributed by atoms with Crippen LogP contribution in [0.2, 0.25) is 0 Å². The van der Waals surface area contributed by atoms with Crippen molar-refractivity contribution in [3.8, 4) is 0 Å². The lowest BCUT2D eigenvalue weighted by Gasteiger charge is -2.21. The van der Waals surface area contributed by atoms with Crippen LogP contribution >= 0.6 is 0 Å². The number of para-hydroxylation sites is 1. The molecular formula is C13H17NO. The van der Waals surface area contributed by atoms with E-state index >= 15 is 0 Å². The fourth-order valence-corrected chi connectivity index (χ4v) is 2.54. The highest BCUT2D eigenvalue weighted by Crippen LogP contribution is 2.37. The van der Waals surface area contributed by atoms with Gasteiger partial charge in [0.05, 0.1) is 6.61 Å². The summed E-state index contributed by atoms with van der Waals surface area (Å²) in [4.78, 5) is 2.47. The van der Waals surface area contributed by atoms with Crippen LogP contribution in [0.3, 0.4) is 0 Å². The van der Waals surface area contributed by atoms with Crippen molar-refractivity contribution in [2.45, 2.75) is 25.9 Å². The van der Waals surface area contributed by atoms with E-state index < -0.39 is 0 Å². The molecular weight excluding hydrogens is 186 g/mol. The molecule has 0 unspecified atom stereocenters. The first-order valence-electron chi connectivity index (χ1n) is 5.85. The van der Waals surface area contributed by atoms with Gasteiger partial charge < -0.3 is 10.0 Å². The van der Waals surface area contributed by atoms with E-state index in [1.807, 2.05) is 6.07 Å². The van der Waals surface area contributed by atoms with E-state index in [0.29, 0.717) is 0 Å². The number of hydrogen-bond donors (Lipinski definition) is 1. The molecule has 1 N–H and O–H groups in total. The van der Waals surface area contributed by atoms with Gasteiger partial charge in [0.1, 0.15) is 0 Å². The zero-order valence-electron chi connectivity index (χ0n) is 8.95. The Hall–Kier alpha value is -1.02. The quantitative estimate of drug-likeness (QED) is 0.811. The zero-order valence-corrected chi connectivity index (χ0v) is 8.95. The number of anilines is 1. The third-order valence-electron chi connectivity index (χ3n) is 3.52. The van der Waals surface area contributed by atoms with Crippen LogP contribution in [0, 0.1) is 5.92 Å². The van der Waals surface area contributed by atoms with Gasteiger partial charge in [-0.2, -0.15) is 0 Å². The molecule has 0 bridgehead atoms. The molecule has 1 saturated carbocycles. The molecule has 1 heterocycles. The standard InChI is InChI=1S/C13H17NO/c15-9-12-3-1-2-11-6-7-14(13(11)12)8-10-4-5-10/h1-3,10,15H,4-9H2. The number of aliphatic hydroxyl groups excluding tert-OH is 1. The van der Waals surface area contributed by atoms with Crippen molar-refractivity contribution in [1.82, 2.24) is 0 Å². The van der Waals surface area contributed by atoms with Crippen LogP contribution in [0.25, 0.3) is 0 Å². The first kappa shape index (κ1) is 9.22. The molecule has 1 fully saturated rings. The molecule has 0 radical (unpaired) electrons. The number of hydrogen-bond acceptors (Lipinski definition) is 2. The van der Waals surface area contributed by atoms with E-state index in [9.17, 15) is 5.11 Å². The van der Waals surface area contributed by atoms with Crippen LogP contribution in [-0.4, -0.2) is 18.2 Å². The van der Waals surface area contributed by atoms with Crippen molar-refractivity contribution in [3.05, 3.63) is 29.3 Å². The molecule has 1 aromatic carbocycles. The van der Waals surface area contributed by atoms with E-state index in [1.165, 1.54) is 30.6 Å². The van der Waals surface area contributed by atoms with Gasteiger partial charge in [0.25, 0.3) is 0 Å². The summed E-state index contributed by atoms with van der Waals surface area (Å²) in [5.74, 6) is 0.919. The highest BCUT2D eigenvalue weighted by molar-refractivity contribution is 5.63. The van der Waals surface area contributed by atoms with Gasteiger partial charge >= 0.3 is 0 Å². The predicted molar refractivity (Wildman–Crippen MR) is 61.0 cm³/mol. The molecule has 1 aromatic rings. The molecule has 0 atom stereocenters. The Kier molecular flexibility index (Phi) is 2.17. The Morgan fingerprint density at radius 1 is 1.33 bits per heavy atom. The summed E-state index contributed by atoms with van der Waals surface area (Å²) in [6.07, 6.45) is 3.94. The monoisotopic (exact) mass is 203 g/mol. The average molecular weight is 203 g/mol. The Morgan fingerprint density at radius 3 is 2.93 bits per heavy atom. The third kappa shape index (κ3) is 1.63. The van der Waals surface area contributed by atoms with Gasteiger partial charge in [-0.15, -0.1) is 0 Å². The van der Waals surface area contributed by atoms with E-state index in [2.05, 4.69) is 17.0 Å². The second-order valence-electron chi connectivity index (χ2n) is 4.72. The summed E-state index contributed by atoms with van der Waals surface area (Å²) < 4.78 is 0. The van der Waals surface area contributed by atoms with Crippen LogP contribution < -0.4 is 4.90 Å². The molecule has 0 spiro atoms. The fraction of sp³-hybridized carbons (Fsp3) is 0.538. The second-order valence-corrected chi connectivity index (χ2v) is 4.72. The Labute approximate surface area is 90.5 Å². The molecule has 1 aliphatic heterocycles. The van der Waals surface area contributed by atoms with E-state index in [0.717, 1.165) is 24.4 Å². The largest absolute Gasteiger partial charge is 0.392 e. The van der Waals surface area contributed by atoms with Crippen molar-refractivity contribution in [2.24, 2.45) is 5.92 Å². The van der Waals surface area contributed by atoms with Crippen LogP contribution in [0.5, 0.6) is 0 Å². The Balaban J connectivity index is 1.91. The highest BCUT2D eigenvalue weighted by atomic mass is 16.3. The lowest BCUT2D eigenvalue weighted by molar-refractivity contribution is 0.282. The van der Waals surface area contributed by atoms with Crippen LogP contribution in [0.4, 0.5) is 5.69 Å². The first-order valence-corrected chi connectivity index (χ1v) is 5.85. The highest BCUT2D eigenvalue weighted by Gasteiger charge is 2.28. The molecule has 2 heteroatoms. The molecule has 2 nitrogen and oxygen atoms in total. The summed E-state index contributed by atoms with van der Waals surface area (Å²) in [6.45, 7) is 2.51. The summed E-state index contributed by atoms with van der Waals surface area (Å²) in [7, 11) is 0. The topological polar surface area (TPSA) is 23.5 Å². The van der Waals surface area contributed by atoms with Gasteiger partial charge in [-0.05, 0) is 30.7 Å². The average Bonchev–Trinajstić information content (AvgIpc) is 2.98. The summed E-state index contributed by atoms with van der Waals surface area (Å²) in [5.41, 5.74) is 3.85. The minimum atomic E-state index is 0.171. The van der Waals surface area contributed by atoms with E-state index in [4.69, 9.17) is 0 Å². The molecule has 1 aliphatic carbocycles. The maximum Gasteiger partial charge on any atom is 0.0702 e. The van der Waals surface area contributed by atoms with Crippen LogP contribution in [-0.2, 0) is 13.0 Å². The smallest absolute Gasteiger partial charge is 0.0702 e. The lowest BCUT2D eigenvalue weighted by atomic mass is 10.1. The fourth-order valence-electron chi connectivity index (χ4n) is 2.54. The van der Waals surface area contributed by atoms with Crippen molar-refractivity contribution >= 4 is 5.69 Å². The van der Waals surface area contributed by atoms with Gasteiger partial charge in [0, 0.05) is 24.3 Å². The predicted octanol–water partition coefficient (Wildman–Crippen LogP) is 1.95. The van der Waals surface area contributed by atoms with Crippen molar-refractivity contribution in [2.75, 3.05) is 18.0 Å². The van der Waals surface area contributed by atoms with E-state index in [1.54, 1.807) is 0 Å². The van der Waals surface area contributed by atoms with E-state index in [-0.39, 0.29) is 6.61 Å². The maximum absolute atomic E-state index is 9.34. The summed E-state index contributed by atoms with van der Waals surface area (Å²) in [5, 5.41) is 9.34. The molecule has 15 heavy (non-hydrogen) atoms. The third-order valence-corrected chi connectivity index (χ3v) is 3.52. The maximum atomic E-state index is 9.34. The molecule has 2 aliphatic rings. The molecule has 3 rings (SSSR count). The molecule has 0 saturated heterocycles. The number of rotatable bonds is 3. The summed E-state index contributed by atoms with van der Waals surface area (Å²) >= 11 is 0. The van der Waals surface area contributed by atoms with Crippen LogP contribution in [0.1, 0.15) is 24.0 Å². The lowest BCUT2D eigenvalue weighted by Crippen LogP contribution is -2.23. The van der Waals surface area contributed by atoms with Crippen LogP contribution in [0.15, 0.2) is 18.2 Å². The van der Waals surface area contributed by atoms with Crippen molar-refractivity contribution in [1.29, 1.82) is 0 Å². The van der Waals surface area contributed by atoms with Gasteiger partial charge in [0.2, 0.25) is 0 Å². The number of benzene rings is 1. The zero-order chi connectivity index (χ0) is 10.3. The number of nitrogens with zero attached hydrogens (tertiary/aromatic N) is 1. The minimum Gasteiger partial charge on any atom is -0.392 e. The van der Waals surface area contributed by atoms with Crippen molar-refractivity contribution in [3.63, 3.8) is 0 Å². The Bertz CT molecular complexity index is 371. The molecule has 80 valence electrons. The van der Waals surface area contributed by atoms with Gasteiger partial charge in [-0.1, -0.05) is 18.2 Å².